The summed E-state index contributed by atoms with van der Waals surface area (Å²) in [4.78, 5) is 25.8. The van der Waals surface area contributed by atoms with E-state index in [9.17, 15) is 14.7 Å². The summed E-state index contributed by atoms with van der Waals surface area (Å²) in [5.74, 6) is -1.18. The van der Waals surface area contributed by atoms with Gasteiger partial charge in [0.05, 0.1) is 13.7 Å². The van der Waals surface area contributed by atoms with Gasteiger partial charge in [0.15, 0.2) is 6.10 Å². The quantitative estimate of drug-likeness (QED) is 0.487. The number of rotatable bonds is 5. The third-order valence-electron chi connectivity index (χ3n) is 1.83. The highest BCUT2D eigenvalue weighted by Gasteiger charge is 2.16. The van der Waals surface area contributed by atoms with E-state index in [1.54, 1.807) is 0 Å². The molecular weight excluding hydrogens is 230 g/mol. The van der Waals surface area contributed by atoms with Crippen LogP contribution in [0.4, 0.5) is 5.95 Å². The molecule has 0 saturated carbocycles. The lowest BCUT2D eigenvalue weighted by molar-refractivity contribution is -0.150. The first-order valence-corrected chi connectivity index (χ1v) is 4.70. The summed E-state index contributed by atoms with van der Waals surface area (Å²) in [5, 5.41) is 15.2. The van der Waals surface area contributed by atoms with Crippen LogP contribution in [-0.4, -0.2) is 51.5 Å². The molecule has 0 aliphatic rings. The number of aliphatic hydroxyl groups excluding tert-OH is 1. The minimum atomic E-state index is -1.38. The van der Waals surface area contributed by atoms with Gasteiger partial charge in [-0.1, -0.05) is 0 Å². The van der Waals surface area contributed by atoms with Gasteiger partial charge in [0.2, 0.25) is 11.9 Å². The Kier molecular flexibility index (Phi) is 4.40. The Hall–Kier alpha value is -2.16. The largest absolute Gasteiger partial charge is 0.467 e. The first-order chi connectivity index (χ1) is 8.02. The van der Waals surface area contributed by atoms with E-state index in [0.29, 0.717) is 0 Å². The molecule has 0 aromatic carbocycles. The van der Waals surface area contributed by atoms with Gasteiger partial charge in [-0.3, -0.25) is 4.79 Å². The number of anilines is 1. The number of carbonyl (C=O) groups is 2. The smallest absolute Gasteiger partial charge is 0.336 e. The number of nitrogens with zero attached hydrogens (tertiary/aromatic N) is 3. The molecule has 4 N–H and O–H groups in total. The van der Waals surface area contributed by atoms with Crippen LogP contribution in [0.1, 0.15) is 0 Å². The molecule has 1 rings (SSSR count). The molecule has 17 heavy (non-hydrogen) atoms. The number of nitrogens with two attached hydrogens (primary N) is 1. The van der Waals surface area contributed by atoms with Crippen molar-refractivity contribution >= 4 is 17.8 Å². The van der Waals surface area contributed by atoms with Crippen molar-refractivity contribution in [2.45, 2.75) is 12.6 Å². The molecule has 1 aromatic rings. The van der Waals surface area contributed by atoms with E-state index in [4.69, 9.17) is 5.73 Å². The molecule has 94 valence electrons. The minimum absolute atomic E-state index is 0.0624. The predicted octanol–water partition coefficient (Wildman–Crippen LogP) is -2.49. The molecule has 1 atom stereocenters. The summed E-state index contributed by atoms with van der Waals surface area (Å²) in [5.41, 5.74) is 5.26. The number of nitrogens with one attached hydrogen (secondary N) is 1. The van der Waals surface area contributed by atoms with Gasteiger partial charge in [-0.25, -0.2) is 14.5 Å². The van der Waals surface area contributed by atoms with Gasteiger partial charge in [-0.2, -0.15) is 0 Å². The average Bonchev–Trinajstić information content (AvgIpc) is 2.70. The molecule has 1 aromatic heterocycles. The number of nitrogen functional groups attached to an aromatic ring is 1. The summed E-state index contributed by atoms with van der Waals surface area (Å²) in [7, 11) is 1.14. The van der Waals surface area contributed by atoms with Gasteiger partial charge in [0.25, 0.3) is 0 Å². The number of carbonyl (C=O) groups excluding carboxylic acids is 2. The van der Waals surface area contributed by atoms with Gasteiger partial charge < -0.3 is 20.9 Å². The van der Waals surface area contributed by atoms with Crippen LogP contribution in [0.2, 0.25) is 0 Å². The normalized spacial score (nSPS) is 11.9. The number of ether oxygens (including phenoxy) is 1. The van der Waals surface area contributed by atoms with Crippen LogP contribution in [0.25, 0.3) is 0 Å². The van der Waals surface area contributed by atoms with Crippen molar-refractivity contribution in [1.82, 2.24) is 20.1 Å². The molecule has 1 amide bonds. The minimum Gasteiger partial charge on any atom is -0.467 e. The zero-order valence-electron chi connectivity index (χ0n) is 9.16. The van der Waals surface area contributed by atoms with E-state index in [0.717, 1.165) is 7.11 Å². The fraction of sp³-hybridized carbons (Fsp3) is 0.500. The summed E-state index contributed by atoms with van der Waals surface area (Å²) >= 11 is 0. The van der Waals surface area contributed by atoms with E-state index in [2.05, 4.69) is 20.1 Å². The van der Waals surface area contributed by atoms with Crippen molar-refractivity contribution in [2.24, 2.45) is 0 Å². The molecule has 0 aliphatic heterocycles. The Morgan fingerprint density at radius 1 is 1.71 bits per heavy atom. The van der Waals surface area contributed by atoms with E-state index < -0.39 is 18.0 Å². The summed E-state index contributed by atoms with van der Waals surface area (Å²) in [6.07, 6.45) is -0.0872. The average molecular weight is 243 g/mol. The van der Waals surface area contributed by atoms with E-state index in [1.165, 1.54) is 11.0 Å². The Labute approximate surface area is 96.6 Å². The first-order valence-electron chi connectivity index (χ1n) is 4.70. The molecule has 0 aliphatic carbocycles. The third-order valence-corrected chi connectivity index (χ3v) is 1.83. The number of hydrogen-bond donors (Lipinski definition) is 3. The van der Waals surface area contributed by atoms with Gasteiger partial charge in [-0.05, 0) is 0 Å². The second kappa shape index (κ2) is 5.80. The summed E-state index contributed by atoms with van der Waals surface area (Å²) in [6.45, 7) is -0.326. The molecule has 1 heterocycles. The van der Waals surface area contributed by atoms with Crippen LogP contribution in [0.15, 0.2) is 6.33 Å². The highest BCUT2D eigenvalue weighted by Crippen LogP contribution is 1.90. The topological polar surface area (TPSA) is 132 Å². The van der Waals surface area contributed by atoms with Crippen molar-refractivity contribution in [3.05, 3.63) is 6.33 Å². The first kappa shape index (κ1) is 12.9. The fourth-order valence-electron chi connectivity index (χ4n) is 1.02. The van der Waals surface area contributed by atoms with Crippen molar-refractivity contribution in [3.63, 3.8) is 0 Å². The molecule has 0 saturated heterocycles. The molecule has 0 radical (unpaired) electrons. The number of aromatic nitrogens is 3. The predicted molar refractivity (Wildman–Crippen MR) is 55.5 cm³/mol. The van der Waals surface area contributed by atoms with Crippen molar-refractivity contribution in [2.75, 3.05) is 19.4 Å². The maximum Gasteiger partial charge on any atom is 0.336 e. The monoisotopic (exact) mass is 243 g/mol. The van der Waals surface area contributed by atoms with Gasteiger partial charge >= 0.3 is 5.97 Å². The summed E-state index contributed by atoms with van der Waals surface area (Å²) < 4.78 is 5.51. The molecular formula is C8H13N5O4. The second-order valence-electron chi connectivity index (χ2n) is 3.14. The lowest BCUT2D eigenvalue weighted by Gasteiger charge is -2.09. The number of methoxy groups -OCH3 is 1. The van der Waals surface area contributed by atoms with E-state index >= 15 is 0 Å². The third kappa shape index (κ3) is 4.07. The van der Waals surface area contributed by atoms with Crippen LogP contribution in [0, 0.1) is 0 Å². The maximum atomic E-state index is 11.3. The highest BCUT2D eigenvalue weighted by atomic mass is 16.5. The highest BCUT2D eigenvalue weighted by molar-refractivity contribution is 5.78. The fourth-order valence-corrected chi connectivity index (χ4v) is 1.02. The van der Waals surface area contributed by atoms with E-state index in [-0.39, 0.29) is 19.0 Å². The molecule has 9 nitrogen and oxygen atoms in total. The lowest BCUT2D eigenvalue weighted by atomic mass is 10.3. The van der Waals surface area contributed by atoms with Crippen LogP contribution in [0.3, 0.4) is 0 Å². The molecule has 0 fully saturated rings. The van der Waals surface area contributed by atoms with E-state index in [1.807, 2.05) is 0 Å². The summed E-state index contributed by atoms with van der Waals surface area (Å²) in [6, 6.07) is 0. The Morgan fingerprint density at radius 3 is 2.94 bits per heavy atom. The van der Waals surface area contributed by atoms with Gasteiger partial charge in [0, 0.05) is 0 Å². The van der Waals surface area contributed by atoms with Crippen molar-refractivity contribution < 1.29 is 19.4 Å². The lowest BCUT2D eigenvalue weighted by Crippen LogP contribution is -2.38. The standard InChI is InChI=1S/C8H13N5O4/c1-17-7(16)5(14)2-10-6(15)3-13-4-11-8(9)12-13/h4-5,14H,2-3H2,1H3,(H2,9,12)(H,10,15). The Bertz CT molecular complexity index is 404. The molecule has 9 heteroatoms. The Balaban J connectivity index is 2.33. The Morgan fingerprint density at radius 2 is 2.41 bits per heavy atom. The van der Waals surface area contributed by atoms with Crippen LogP contribution in [0.5, 0.6) is 0 Å². The van der Waals surface area contributed by atoms with Crippen molar-refractivity contribution in [3.8, 4) is 0 Å². The zero-order chi connectivity index (χ0) is 12.8. The van der Waals surface area contributed by atoms with Crippen LogP contribution >= 0.6 is 0 Å². The molecule has 0 spiro atoms. The van der Waals surface area contributed by atoms with Crippen LogP contribution < -0.4 is 11.1 Å². The number of esters is 1. The SMILES string of the molecule is COC(=O)C(O)CNC(=O)Cn1cnc(N)n1. The number of aliphatic hydroxyl groups is 1. The second-order valence-corrected chi connectivity index (χ2v) is 3.14. The van der Waals surface area contributed by atoms with Gasteiger partial charge in [-0.15, -0.1) is 5.10 Å². The molecule has 1 unspecified atom stereocenters. The van der Waals surface area contributed by atoms with Gasteiger partial charge in [0.1, 0.15) is 12.9 Å². The zero-order valence-corrected chi connectivity index (χ0v) is 9.16. The van der Waals surface area contributed by atoms with Crippen LogP contribution in [-0.2, 0) is 20.9 Å². The molecule has 0 bridgehead atoms. The number of amides is 1. The van der Waals surface area contributed by atoms with Crippen molar-refractivity contribution in [1.29, 1.82) is 0 Å². The number of hydrogen-bond acceptors (Lipinski definition) is 7. The maximum absolute atomic E-state index is 11.3.